The fraction of sp³-hybridized carbons (Fsp3) is 0.647. The van der Waals surface area contributed by atoms with Gasteiger partial charge in [0.05, 0.1) is 7.11 Å². The number of aromatic amines is 1. The molecule has 1 N–H and O–H groups in total. The molecule has 1 aliphatic heterocycles. The number of hydrogen-bond acceptors (Lipinski definition) is 4. The molecule has 0 aromatic carbocycles. The Kier molecular flexibility index (Phi) is 5.14. The Morgan fingerprint density at radius 3 is 2.61 bits per heavy atom. The molecule has 1 aromatic rings. The summed E-state index contributed by atoms with van der Waals surface area (Å²) in [6.07, 6.45) is 2.19. The standard InChI is InChI=1S/C17H27N3O3/c1-17(2,3)20-10-12(6-16(20)22)9-19(4)11-13-7-14(21)15(23-5)8-18-13/h7-8,12H,6,9-11H2,1-5H3,(H,18,21)/t12-/m0/s1. The number of hydrogen-bond donors (Lipinski definition) is 1. The zero-order valence-electron chi connectivity index (χ0n) is 14.7. The number of carbonyl (C=O) groups is 1. The number of ether oxygens (including phenoxy) is 1. The van der Waals surface area contributed by atoms with Crippen molar-refractivity contribution in [3.8, 4) is 5.75 Å². The third-order valence-corrected chi connectivity index (χ3v) is 4.18. The van der Waals surface area contributed by atoms with Crippen LogP contribution in [0, 0.1) is 5.92 Å². The van der Waals surface area contributed by atoms with Gasteiger partial charge >= 0.3 is 0 Å². The van der Waals surface area contributed by atoms with E-state index < -0.39 is 0 Å². The lowest BCUT2D eigenvalue weighted by Gasteiger charge is -2.32. The Labute approximate surface area is 137 Å². The summed E-state index contributed by atoms with van der Waals surface area (Å²) in [5.74, 6) is 0.879. The normalized spacial score (nSPS) is 18.8. The first-order chi connectivity index (χ1) is 10.7. The van der Waals surface area contributed by atoms with E-state index in [9.17, 15) is 9.59 Å². The summed E-state index contributed by atoms with van der Waals surface area (Å²) in [5, 5.41) is 0. The van der Waals surface area contributed by atoms with Crippen LogP contribution < -0.4 is 10.2 Å². The van der Waals surface area contributed by atoms with Gasteiger partial charge in [-0.1, -0.05) is 0 Å². The monoisotopic (exact) mass is 321 g/mol. The maximum atomic E-state index is 12.1. The number of pyridine rings is 1. The van der Waals surface area contributed by atoms with Gasteiger partial charge in [-0.3, -0.25) is 9.59 Å². The summed E-state index contributed by atoms with van der Waals surface area (Å²) in [5.41, 5.74) is 0.603. The molecule has 0 saturated carbocycles. The minimum atomic E-state index is -0.121. The zero-order valence-corrected chi connectivity index (χ0v) is 14.7. The molecule has 128 valence electrons. The highest BCUT2D eigenvalue weighted by atomic mass is 16.5. The van der Waals surface area contributed by atoms with E-state index in [-0.39, 0.29) is 16.9 Å². The fourth-order valence-corrected chi connectivity index (χ4v) is 3.10. The van der Waals surface area contributed by atoms with Crippen molar-refractivity contribution in [3.05, 3.63) is 28.2 Å². The second-order valence-electron chi connectivity index (χ2n) is 7.33. The van der Waals surface area contributed by atoms with E-state index in [1.807, 2.05) is 11.9 Å². The number of H-pyrrole nitrogens is 1. The molecule has 2 rings (SSSR count). The summed E-state index contributed by atoms with van der Waals surface area (Å²) in [7, 11) is 3.49. The van der Waals surface area contributed by atoms with E-state index in [4.69, 9.17) is 4.74 Å². The molecule has 0 aliphatic carbocycles. The van der Waals surface area contributed by atoms with E-state index >= 15 is 0 Å². The number of likely N-dealkylation sites (tertiary alicyclic amines) is 1. The molecule has 23 heavy (non-hydrogen) atoms. The third-order valence-electron chi connectivity index (χ3n) is 4.18. The minimum Gasteiger partial charge on any atom is -0.491 e. The first-order valence-electron chi connectivity index (χ1n) is 7.95. The number of rotatable bonds is 5. The van der Waals surface area contributed by atoms with Crippen LogP contribution in [0.2, 0.25) is 0 Å². The van der Waals surface area contributed by atoms with Crippen molar-refractivity contribution < 1.29 is 9.53 Å². The lowest BCUT2D eigenvalue weighted by molar-refractivity contribution is -0.131. The van der Waals surface area contributed by atoms with Gasteiger partial charge in [0.15, 0.2) is 5.75 Å². The molecule has 2 heterocycles. The number of carbonyl (C=O) groups excluding carboxylic acids is 1. The molecule has 0 bridgehead atoms. The van der Waals surface area contributed by atoms with E-state index in [0.29, 0.717) is 24.6 Å². The van der Waals surface area contributed by atoms with Crippen molar-refractivity contribution in [1.29, 1.82) is 0 Å². The van der Waals surface area contributed by atoms with Gasteiger partial charge in [0.1, 0.15) is 0 Å². The highest BCUT2D eigenvalue weighted by Crippen LogP contribution is 2.26. The molecule has 1 atom stereocenters. The number of aromatic nitrogens is 1. The van der Waals surface area contributed by atoms with Crippen LogP contribution in [0.5, 0.6) is 5.75 Å². The molecule has 1 saturated heterocycles. The number of amides is 1. The molecule has 1 aromatic heterocycles. The van der Waals surface area contributed by atoms with Gasteiger partial charge in [-0.2, -0.15) is 0 Å². The Balaban J connectivity index is 1.93. The van der Waals surface area contributed by atoms with Crippen molar-refractivity contribution in [3.63, 3.8) is 0 Å². The summed E-state index contributed by atoms with van der Waals surface area (Å²) < 4.78 is 4.97. The molecule has 1 aliphatic rings. The molecule has 0 radical (unpaired) electrons. The van der Waals surface area contributed by atoms with E-state index in [1.165, 1.54) is 7.11 Å². The quantitative estimate of drug-likeness (QED) is 0.892. The molecule has 0 unspecified atom stereocenters. The van der Waals surface area contributed by atoms with Crippen LogP contribution >= 0.6 is 0 Å². The van der Waals surface area contributed by atoms with Gasteiger partial charge in [-0.15, -0.1) is 0 Å². The molecule has 1 fully saturated rings. The predicted molar refractivity (Wildman–Crippen MR) is 89.5 cm³/mol. The Hall–Kier alpha value is -1.82. The molecule has 6 nitrogen and oxygen atoms in total. The first kappa shape index (κ1) is 17.5. The molecule has 1 amide bonds. The smallest absolute Gasteiger partial charge is 0.223 e. The highest BCUT2D eigenvalue weighted by Gasteiger charge is 2.36. The van der Waals surface area contributed by atoms with Crippen LogP contribution in [0.4, 0.5) is 0 Å². The molecular formula is C17H27N3O3. The van der Waals surface area contributed by atoms with Crippen LogP contribution in [-0.4, -0.2) is 53.5 Å². The predicted octanol–water partition coefficient (Wildman–Crippen LogP) is 1.46. The summed E-state index contributed by atoms with van der Waals surface area (Å²) in [4.78, 5) is 31.1. The van der Waals surface area contributed by atoms with Crippen molar-refractivity contribution in [2.45, 2.75) is 39.3 Å². The van der Waals surface area contributed by atoms with Gasteiger partial charge in [-0.05, 0) is 33.7 Å². The SMILES string of the molecule is COc1c[nH]c(CN(C)C[C@@H]2CC(=O)N(C(C)(C)C)C2)cc1=O. The first-order valence-corrected chi connectivity index (χ1v) is 7.95. The highest BCUT2D eigenvalue weighted by molar-refractivity contribution is 5.79. The van der Waals surface area contributed by atoms with Crippen molar-refractivity contribution >= 4 is 5.91 Å². The Bertz CT molecular complexity index is 618. The molecule has 0 spiro atoms. The van der Waals surface area contributed by atoms with Crippen molar-refractivity contribution in [2.24, 2.45) is 5.92 Å². The van der Waals surface area contributed by atoms with Crippen LogP contribution in [0.15, 0.2) is 17.1 Å². The number of nitrogens with one attached hydrogen (secondary N) is 1. The van der Waals surface area contributed by atoms with Gasteiger partial charge in [0, 0.05) is 49.6 Å². The lowest BCUT2D eigenvalue weighted by atomic mass is 10.1. The second kappa shape index (κ2) is 6.74. The lowest BCUT2D eigenvalue weighted by Crippen LogP contribution is -2.42. The van der Waals surface area contributed by atoms with Gasteiger partial charge in [0.25, 0.3) is 0 Å². The van der Waals surface area contributed by atoms with Crippen LogP contribution in [-0.2, 0) is 11.3 Å². The van der Waals surface area contributed by atoms with Crippen LogP contribution in [0.25, 0.3) is 0 Å². The average molecular weight is 321 g/mol. The molecular weight excluding hydrogens is 294 g/mol. The summed E-state index contributed by atoms with van der Waals surface area (Å²) >= 11 is 0. The van der Waals surface area contributed by atoms with Crippen LogP contribution in [0.3, 0.4) is 0 Å². The van der Waals surface area contributed by atoms with Gasteiger partial charge < -0.3 is 19.5 Å². The Morgan fingerprint density at radius 1 is 1.39 bits per heavy atom. The third kappa shape index (κ3) is 4.34. The topological polar surface area (TPSA) is 65.6 Å². The van der Waals surface area contributed by atoms with E-state index in [0.717, 1.165) is 18.8 Å². The fourth-order valence-electron chi connectivity index (χ4n) is 3.10. The van der Waals surface area contributed by atoms with Crippen molar-refractivity contribution in [2.75, 3.05) is 27.2 Å². The largest absolute Gasteiger partial charge is 0.491 e. The van der Waals surface area contributed by atoms with Gasteiger partial charge in [0.2, 0.25) is 11.3 Å². The number of methoxy groups -OCH3 is 1. The van der Waals surface area contributed by atoms with Gasteiger partial charge in [-0.25, -0.2) is 0 Å². The van der Waals surface area contributed by atoms with Crippen LogP contribution in [0.1, 0.15) is 32.9 Å². The number of nitrogens with zero attached hydrogens (tertiary/aromatic N) is 2. The van der Waals surface area contributed by atoms with Crippen molar-refractivity contribution in [1.82, 2.24) is 14.8 Å². The maximum Gasteiger partial charge on any atom is 0.223 e. The summed E-state index contributed by atoms with van der Waals surface area (Å²) in [6, 6.07) is 1.57. The molecule has 6 heteroatoms. The second-order valence-corrected chi connectivity index (χ2v) is 7.33. The van der Waals surface area contributed by atoms with E-state index in [2.05, 4.69) is 30.7 Å². The zero-order chi connectivity index (χ0) is 17.2. The van der Waals surface area contributed by atoms with E-state index in [1.54, 1.807) is 12.3 Å². The minimum absolute atomic E-state index is 0.119. The maximum absolute atomic E-state index is 12.1. The summed E-state index contributed by atoms with van der Waals surface area (Å²) in [6.45, 7) is 8.47. The Morgan fingerprint density at radius 2 is 2.09 bits per heavy atom. The average Bonchev–Trinajstić information content (AvgIpc) is 2.79.